The van der Waals surface area contributed by atoms with E-state index in [1.54, 1.807) is 0 Å². The number of rotatable bonds is 13. The Balaban J connectivity index is 4.53. The Morgan fingerprint density at radius 2 is 1.33 bits per heavy atom. The Bertz CT molecular complexity index is 429. The van der Waals surface area contributed by atoms with E-state index in [1.165, 1.54) is 12.2 Å². The van der Waals surface area contributed by atoms with Gasteiger partial charge in [0.2, 0.25) is 0 Å². The molecule has 4 nitrogen and oxygen atoms in total. The fourth-order valence-corrected chi connectivity index (χ4v) is 3.00. The molecule has 0 N–H and O–H groups in total. The molecule has 138 valence electrons. The molecule has 0 aliphatic rings. The second-order valence-electron chi connectivity index (χ2n) is 7.10. The van der Waals surface area contributed by atoms with Crippen molar-refractivity contribution in [2.24, 2.45) is 10.8 Å². The zero-order valence-corrected chi connectivity index (χ0v) is 15.9. The number of hydrogen-bond acceptors (Lipinski definition) is 4. The molecule has 0 spiro atoms. The van der Waals surface area contributed by atoms with Gasteiger partial charge in [-0.15, -0.1) is 0 Å². The number of ether oxygens (including phenoxy) is 2. The fourth-order valence-electron chi connectivity index (χ4n) is 3.00. The van der Waals surface area contributed by atoms with Gasteiger partial charge >= 0.3 is 11.9 Å². The van der Waals surface area contributed by atoms with Crippen molar-refractivity contribution >= 4 is 11.9 Å². The number of carbonyl (C=O) groups excluding carboxylic acids is 2. The van der Waals surface area contributed by atoms with Crippen LogP contribution < -0.4 is 0 Å². The molecule has 0 rings (SSSR count). The highest BCUT2D eigenvalue weighted by molar-refractivity contribution is 5.81. The molecular weight excluding hydrogens is 304 g/mol. The Labute approximate surface area is 147 Å². The first-order valence-electron chi connectivity index (χ1n) is 8.82. The summed E-state index contributed by atoms with van der Waals surface area (Å²) in [6.07, 6.45) is 8.20. The predicted octanol–water partition coefficient (Wildman–Crippen LogP) is 4.84. The first-order valence-corrected chi connectivity index (χ1v) is 8.82. The number of carbonyl (C=O) groups is 2. The van der Waals surface area contributed by atoms with Gasteiger partial charge in [0.1, 0.15) is 0 Å². The Morgan fingerprint density at radius 3 is 1.79 bits per heavy atom. The van der Waals surface area contributed by atoms with Crippen LogP contribution in [-0.2, 0) is 19.1 Å². The van der Waals surface area contributed by atoms with Gasteiger partial charge in [-0.05, 0) is 36.5 Å². The van der Waals surface area contributed by atoms with E-state index in [9.17, 15) is 9.59 Å². The van der Waals surface area contributed by atoms with Gasteiger partial charge in [-0.25, -0.2) is 9.59 Å². The molecule has 24 heavy (non-hydrogen) atoms. The predicted molar refractivity (Wildman–Crippen MR) is 97.6 cm³/mol. The first-order chi connectivity index (χ1) is 11.2. The van der Waals surface area contributed by atoms with E-state index in [4.69, 9.17) is 9.47 Å². The summed E-state index contributed by atoms with van der Waals surface area (Å²) in [5.74, 6) is -0.730. The zero-order valence-electron chi connectivity index (χ0n) is 15.9. The molecule has 2 atom stereocenters. The van der Waals surface area contributed by atoms with Crippen LogP contribution in [0.5, 0.6) is 0 Å². The van der Waals surface area contributed by atoms with Crippen molar-refractivity contribution in [3.63, 3.8) is 0 Å². The molecule has 2 unspecified atom stereocenters. The molecule has 4 heteroatoms. The normalized spacial score (nSPS) is 15.7. The van der Waals surface area contributed by atoms with E-state index in [-0.39, 0.29) is 22.8 Å². The second kappa shape index (κ2) is 11.1. The van der Waals surface area contributed by atoms with Crippen molar-refractivity contribution < 1.29 is 19.1 Å². The molecular formula is C20H34O4. The van der Waals surface area contributed by atoms with Gasteiger partial charge in [-0.2, -0.15) is 0 Å². The summed E-state index contributed by atoms with van der Waals surface area (Å²) in [5, 5.41) is 0. The maximum absolute atomic E-state index is 11.2. The monoisotopic (exact) mass is 338 g/mol. The van der Waals surface area contributed by atoms with Crippen molar-refractivity contribution in [3.05, 3.63) is 25.3 Å². The highest BCUT2D eigenvalue weighted by Gasteiger charge is 2.33. The van der Waals surface area contributed by atoms with Gasteiger partial charge in [0.25, 0.3) is 0 Å². The fraction of sp³-hybridized carbons (Fsp3) is 0.700. The largest absolute Gasteiger partial charge is 0.463 e. The molecule has 0 amide bonds. The third-order valence-corrected chi connectivity index (χ3v) is 5.01. The van der Waals surface area contributed by atoms with Gasteiger partial charge < -0.3 is 9.47 Å². The van der Waals surface area contributed by atoms with Crippen molar-refractivity contribution in [1.29, 1.82) is 0 Å². The van der Waals surface area contributed by atoms with Crippen LogP contribution in [0, 0.1) is 10.8 Å². The zero-order chi connectivity index (χ0) is 18.6. The van der Waals surface area contributed by atoms with Crippen LogP contribution in [0.15, 0.2) is 25.3 Å². The molecule has 0 saturated carbocycles. The highest BCUT2D eigenvalue weighted by atomic mass is 16.5. The number of esters is 2. The number of hydrogen-bond donors (Lipinski definition) is 0. The molecule has 0 bridgehead atoms. The smallest absolute Gasteiger partial charge is 0.330 e. The van der Waals surface area contributed by atoms with Gasteiger partial charge in [0.05, 0.1) is 13.2 Å². The molecule has 0 aliphatic heterocycles. The lowest BCUT2D eigenvalue weighted by Crippen LogP contribution is -2.29. The lowest BCUT2D eigenvalue weighted by molar-refractivity contribution is -0.139. The van der Waals surface area contributed by atoms with Gasteiger partial charge in [0.15, 0.2) is 0 Å². The Hall–Kier alpha value is -1.58. The quantitative estimate of drug-likeness (QED) is 0.274. The Morgan fingerprint density at radius 1 is 0.875 bits per heavy atom. The van der Waals surface area contributed by atoms with E-state index in [2.05, 4.69) is 40.9 Å². The van der Waals surface area contributed by atoms with Crippen LogP contribution in [0.2, 0.25) is 0 Å². The molecule has 0 aliphatic carbocycles. The minimum absolute atomic E-state index is 0.115. The maximum Gasteiger partial charge on any atom is 0.330 e. The third-order valence-electron chi connectivity index (χ3n) is 5.01. The Kier molecular flexibility index (Phi) is 10.3. The van der Waals surface area contributed by atoms with Crippen LogP contribution in [0.3, 0.4) is 0 Å². The summed E-state index contributed by atoms with van der Waals surface area (Å²) < 4.78 is 10.2. The molecule has 0 saturated heterocycles. The molecule has 0 radical (unpaired) electrons. The van der Waals surface area contributed by atoms with Gasteiger partial charge in [-0.1, -0.05) is 53.7 Å². The maximum atomic E-state index is 11.2. The van der Waals surface area contributed by atoms with Crippen LogP contribution >= 0.6 is 0 Å². The molecule has 0 fully saturated rings. The van der Waals surface area contributed by atoms with E-state index >= 15 is 0 Å². The van der Waals surface area contributed by atoms with E-state index in [1.807, 2.05) is 0 Å². The summed E-state index contributed by atoms with van der Waals surface area (Å²) >= 11 is 0. The molecule has 0 aromatic heterocycles. The highest BCUT2D eigenvalue weighted by Crippen LogP contribution is 2.43. The summed E-state index contributed by atoms with van der Waals surface area (Å²) in [4.78, 5) is 22.3. The van der Waals surface area contributed by atoms with E-state index < -0.39 is 0 Å². The van der Waals surface area contributed by atoms with E-state index in [0.29, 0.717) is 13.2 Å². The molecule has 0 heterocycles. The minimum atomic E-state index is -0.365. The standard InChI is InChI=1S/C20H34O4/c1-7-17(21)23-14-11-12-19(5,9-3)16-20(6,10-4)13-15-24-18(22)8-2/h7-8H,1-2,9-16H2,3-6H3. The summed E-state index contributed by atoms with van der Waals surface area (Å²) in [6.45, 7) is 16.6. The van der Waals surface area contributed by atoms with Crippen LogP contribution in [0.25, 0.3) is 0 Å². The summed E-state index contributed by atoms with van der Waals surface area (Å²) in [7, 11) is 0. The van der Waals surface area contributed by atoms with Crippen molar-refractivity contribution in [2.75, 3.05) is 13.2 Å². The SMILES string of the molecule is C=CC(=O)OCCCC(C)(CC)CC(C)(CC)CCOC(=O)C=C. The van der Waals surface area contributed by atoms with E-state index in [0.717, 1.165) is 38.5 Å². The summed E-state index contributed by atoms with van der Waals surface area (Å²) in [5.41, 5.74) is 0.289. The van der Waals surface area contributed by atoms with Crippen molar-refractivity contribution in [3.8, 4) is 0 Å². The average Bonchev–Trinajstić information content (AvgIpc) is 2.58. The van der Waals surface area contributed by atoms with Crippen molar-refractivity contribution in [2.45, 2.75) is 66.2 Å². The third kappa shape index (κ3) is 8.90. The topological polar surface area (TPSA) is 52.6 Å². The first kappa shape index (κ1) is 22.4. The second-order valence-corrected chi connectivity index (χ2v) is 7.10. The van der Waals surface area contributed by atoms with Crippen LogP contribution in [0.1, 0.15) is 66.2 Å². The van der Waals surface area contributed by atoms with Crippen LogP contribution in [-0.4, -0.2) is 25.2 Å². The lowest BCUT2D eigenvalue weighted by atomic mass is 9.67. The van der Waals surface area contributed by atoms with Gasteiger partial charge in [-0.3, -0.25) is 0 Å². The molecule has 0 aromatic rings. The molecule has 0 aromatic carbocycles. The lowest BCUT2D eigenvalue weighted by Gasteiger charge is -2.39. The van der Waals surface area contributed by atoms with Crippen LogP contribution in [0.4, 0.5) is 0 Å². The van der Waals surface area contributed by atoms with Gasteiger partial charge in [0, 0.05) is 12.2 Å². The average molecular weight is 338 g/mol. The minimum Gasteiger partial charge on any atom is -0.463 e. The van der Waals surface area contributed by atoms with Crippen molar-refractivity contribution in [1.82, 2.24) is 0 Å². The summed E-state index contributed by atoms with van der Waals surface area (Å²) in [6, 6.07) is 0.